The SMILES string of the molecule is Cc1cccc(NC(=O)C(C)Sc2nnc(-c3ccccc3C)n2C)c1. The molecule has 0 fully saturated rings. The van der Waals surface area contributed by atoms with Gasteiger partial charge in [-0.15, -0.1) is 10.2 Å². The Balaban J connectivity index is 1.73. The summed E-state index contributed by atoms with van der Waals surface area (Å²) in [6, 6.07) is 15.8. The van der Waals surface area contributed by atoms with Gasteiger partial charge in [-0.05, 0) is 44.0 Å². The van der Waals surface area contributed by atoms with E-state index in [9.17, 15) is 4.79 Å². The maximum Gasteiger partial charge on any atom is 0.237 e. The molecule has 0 radical (unpaired) electrons. The lowest BCUT2D eigenvalue weighted by molar-refractivity contribution is -0.115. The Bertz CT molecular complexity index is 935. The highest BCUT2D eigenvalue weighted by atomic mass is 32.2. The summed E-state index contributed by atoms with van der Waals surface area (Å²) in [6.45, 7) is 5.92. The Hall–Kier alpha value is -2.60. The molecule has 2 aromatic carbocycles. The molecule has 3 aromatic rings. The number of nitrogens with zero attached hydrogens (tertiary/aromatic N) is 3. The summed E-state index contributed by atoms with van der Waals surface area (Å²) in [5.74, 6) is 0.748. The van der Waals surface area contributed by atoms with Crippen LogP contribution < -0.4 is 5.32 Å². The Kier molecular flexibility index (Phi) is 5.42. The molecule has 0 spiro atoms. The zero-order valence-corrected chi connectivity index (χ0v) is 16.2. The highest BCUT2D eigenvalue weighted by Crippen LogP contribution is 2.27. The van der Waals surface area contributed by atoms with Crippen LogP contribution in [0.2, 0.25) is 0 Å². The highest BCUT2D eigenvalue weighted by Gasteiger charge is 2.20. The Morgan fingerprint density at radius 1 is 1.12 bits per heavy atom. The van der Waals surface area contributed by atoms with Crippen LogP contribution in [-0.4, -0.2) is 25.9 Å². The van der Waals surface area contributed by atoms with Crippen LogP contribution in [0.4, 0.5) is 5.69 Å². The van der Waals surface area contributed by atoms with Crippen molar-refractivity contribution in [1.29, 1.82) is 0 Å². The minimum atomic E-state index is -0.289. The van der Waals surface area contributed by atoms with E-state index in [0.717, 1.165) is 33.4 Å². The Labute approximate surface area is 157 Å². The van der Waals surface area contributed by atoms with Crippen molar-refractivity contribution >= 4 is 23.4 Å². The van der Waals surface area contributed by atoms with E-state index in [4.69, 9.17) is 0 Å². The van der Waals surface area contributed by atoms with Gasteiger partial charge in [-0.25, -0.2) is 0 Å². The third kappa shape index (κ3) is 3.96. The van der Waals surface area contributed by atoms with E-state index < -0.39 is 0 Å². The minimum Gasteiger partial charge on any atom is -0.325 e. The number of aromatic nitrogens is 3. The molecule has 3 rings (SSSR count). The number of hydrogen-bond acceptors (Lipinski definition) is 4. The van der Waals surface area contributed by atoms with Crippen molar-refractivity contribution in [2.45, 2.75) is 31.2 Å². The van der Waals surface area contributed by atoms with Gasteiger partial charge in [-0.1, -0.05) is 48.2 Å². The van der Waals surface area contributed by atoms with Crippen LogP contribution in [0.3, 0.4) is 0 Å². The number of benzene rings is 2. The summed E-state index contributed by atoms with van der Waals surface area (Å²) in [6.07, 6.45) is 0. The van der Waals surface area contributed by atoms with Crippen molar-refractivity contribution < 1.29 is 4.79 Å². The van der Waals surface area contributed by atoms with Crippen LogP contribution >= 0.6 is 11.8 Å². The number of carbonyl (C=O) groups excluding carboxylic acids is 1. The minimum absolute atomic E-state index is 0.0546. The fourth-order valence-corrected chi connectivity index (χ4v) is 3.47. The summed E-state index contributed by atoms with van der Waals surface area (Å²) in [4.78, 5) is 12.5. The van der Waals surface area contributed by atoms with Gasteiger partial charge in [-0.2, -0.15) is 0 Å². The van der Waals surface area contributed by atoms with Gasteiger partial charge in [0.1, 0.15) is 0 Å². The molecule has 1 heterocycles. The number of rotatable bonds is 5. The summed E-state index contributed by atoms with van der Waals surface area (Å²) in [7, 11) is 1.93. The van der Waals surface area contributed by atoms with Crippen molar-refractivity contribution in [3.8, 4) is 11.4 Å². The van der Waals surface area contributed by atoms with Crippen molar-refractivity contribution in [2.24, 2.45) is 7.05 Å². The largest absolute Gasteiger partial charge is 0.325 e. The third-order valence-corrected chi connectivity index (χ3v) is 5.29. The van der Waals surface area contributed by atoms with Crippen LogP contribution in [0, 0.1) is 13.8 Å². The number of hydrogen-bond donors (Lipinski definition) is 1. The van der Waals surface area contributed by atoms with Gasteiger partial charge in [0, 0.05) is 18.3 Å². The zero-order valence-electron chi connectivity index (χ0n) is 15.4. The summed E-state index contributed by atoms with van der Waals surface area (Å²) in [5.41, 5.74) is 4.11. The molecule has 0 aliphatic rings. The number of carbonyl (C=O) groups is 1. The van der Waals surface area contributed by atoms with Crippen LogP contribution in [0.5, 0.6) is 0 Å². The predicted molar refractivity (Wildman–Crippen MR) is 106 cm³/mol. The predicted octanol–water partition coefficient (Wildman–Crippen LogP) is 4.22. The molecule has 1 aromatic heterocycles. The highest BCUT2D eigenvalue weighted by molar-refractivity contribution is 8.00. The molecule has 0 saturated heterocycles. The quantitative estimate of drug-likeness (QED) is 0.687. The molecule has 1 unspecified atom stereocenters. The second kappa shape index (κ2) is 7.74. The maximum absolute atomic E-state index is 12.5. The van der Waals surface area contributed by atoms with E-state index in [0.29, 0.717) is 0 Å². The molecule has 0 saturated carbocycles. The third-order valence-electron chi connectivity index (χ3n) is 4.16. The maximum atomic E-state index is 12.5. The number of aryl methyl sites for hydroxylation is 2. The van der Waals surface area contributed by atoms with Crippen LogP contribution in [0.25, 0.3) is 11.4 Å². The lowest BCUT2D eigenvalue weighted by Gasteiger charge is -2.12. The lowest BCUT2D eigenvalue weighted by atomic mass is 10.1. The second-order valence-corrected chi connectivity index (χ2v) is 7.61. The number of amides is 1. The molecular weight excluding hydrogens is 344 g/mol. The smallest absolute Gasteiger partial charge is 0.237 e. The van der Waals surface area contributed by atoms with Crippen LogP contribution in [-0.2, 0) is 11.8 Å². The van der Waals surface area contributed by atoms with Gasteiger partial charge in [0.2, 0.25) is 5.91 Å². The van der Waals surface area contributed by atoms with E-state index in [1.165, 1.54) is 11.8 Å². The first-order chi connectivity index (χ1) is 12.5. The van der Waals surface area contributed by atoms with Gasteiger partial charge in [-0.3, -0.25) is 4.79 Å². The van der Waals surface area contributed by atoms with Crippen molar-refractivity contribution in [3.63, 3.8) is 0 Å². The van der Waals surface area contributed by atoms with Gasteiger partial charge in [0.25, 0.3) is 0 Å². The van der Waals surface area contributed by atoms with E-state index >= 15 is 0 Å². The first kappa shape index (κ1) is 18.2. The normalized spacial score (nSPS) is 12.0. The summed E-state index contributed by atoms with van der Waals surface area (Å²) < 4.78 is 1.93. The number of nitrogens with one attached hydrogen (secondary N) is 1. The molecule has 134 valence electrons. The van der Waals surface area contributed by atoms with E-state index in [-0.39, 0.29) is 11.2 Å². The molecular formula is C20H22N4OS. The van der Waals surface area contributed by atoms with Crippen molar-refractivity contribution in [3.05, 3.63) is 59.7 Å². The average molecular weight is 366 g/mol. The van der Waals surface area contributed by atoms with Crippen LogP contribution in [0.1, 0.15) is 18.1 Å². The molecule has 6 heteroatoms. The molecule has 1 atom stereocenters. The summed E-state index contributed by atoms with van der Waals surface area (Å²) in [5, 5.41) is 12.0. The molecule has 1 amide bonds. The van der Waals surface area contributed by atoms with Gasteiger partial charge >= 0.3 is 0 Å². The van der Waals surface area contributed by atoms with Crippen LogP contribution in [0.15, 0.2) is 53.7 Å². The van der Waals surface area contributed by atoms with Crippen molar-refractivity contribution in [2.75, 3.05) is 5.32 Å². The molecule has 0 aliphatic carbocycles. The van der Waals surface area contributed by atoms with Gasteiger partial charge in [0.15, 0.2) is 11.0 Å². The Morgan fingerprint density at radius 3 is 2.62 bits per heavy atom. The monoisotopic (exact) mass is 366 g/mol. The van der Waals surface area contributed by atoms with E-state index in [2.05, 4.69) is 28.5 Å². The molecule has 0 bridgehead atoms. The average Bonchev–Trinajstić information content (AvgIpc) is 2.96. The standard InChI is InChI=1S/C20H22N4OS/c1-13-8-7-10-16(12-13)21-19(25)15(3)26-20-23-22-18(24(20)4)17-11-6-5-9-14(17)2/h5-12,15H,1-4H3,(H,21,25). The lowest BCUT2D eigenvalue weighted by Crippen LogP contribution is -2.22. The zero-order chi connectivity index (χ0) is 18.7. The molecule has 0 aliphatic heterocycles. The molecule has 26 heavy (non-hydrogen) atoms. The molecule has 1 N–H and O–H groups in total. The van der Waals surface area contributed by atoms with E-state index in [1.807, 2.05) is 67.9 Å². The fourth-order valence-electron chi connectivity index (χ4n) is 2.65. The number of thioether (sulfide) groups is 1. The number of anilines is 1. The summed E-state index contributed by atoms with van der Waals surface area (Å²) >= 11 is 1.40. The van der Waals surface area contributed by atoms with E-state index in [1.54, 1.807) is 0 Å². The molecule has 5 nitrogen and oxygen atoms in total. The first-order valence-corrected chi connectivity index (χ1v) is 9.33. The fraction of sp³-hybridized carbons (Fsp3) is 0.250. The first-order valence-electron chi connectivity index (χ1n) is 8.45. The van der Waals surface area contributed by atoms with Gasteiger partial charge in [0.05, 0.1) is 5.25 Å². The van der Waals surface area contributed by atoms with Crippen molar-refractivity contribution in [1.82, 2.24) is 14.8 Å². The topological polar surface area (TPSA) is 59.8 Å². The second-order valence-electron chi connectivity index (χ2n) is 6.30. The Morgan fingerprint density at radius 2 is 1.88 bits per heavy atom. The van der Waals surface area contributed by atoms with Gasteiger partial charge < -0.3 is 9.88 Å².